The summed E-state index contributed by atoms with van der Waals surface area (Å²) in [6.45, 7) is 0.241. The van der Waals surface area contributed by atoms with Crippen molar-refractivity contribution < 1.29 is 17.3 Å². The third-order valence-electron chi connectivity index (χ3n) is 2.51. The van der Waals surface area contributed by atoms with Gasteiger partial charge in [0.25, 0.3) is 10.1 Å². The van der Waals surface area contributed by atoms with Gasteiger partial charge in [0.2, 0.25) is 0 Å². The fourth-order valence-corrected chi connectivity index (χ4v) is 2.01. The van der Waals surface area contributed by atoms with Crippen LogP contribution >= 0.6 is 0 Å². The molecule has 0 bridgehead atoms. The quantitative estimate of drug-likeness (QED) is 0.557. The summed E-state index contributed by atoms with van der Waals surface area (Å²) in [5, 5.41) is 11.6. The third kappa shape index (κ3) is 3.76. The van der Waals surface area contributed by atoms with Crippen LogP contribution in [0, 0.1) is 0 Å². The SMILES string of the molecule is COS(=O)(=O)CC[n+]1ccc(-c2ccnnc2)cn1. The topological polar surface area (TPSA) is 85.9 Å². The van der Waals surface area contributed by atoms with E-state index >= 15 is 0 Å². The number of nitrogens with zero attached hydrogens (tertiary/aromatic N) is 4. The minimum Gasteiger partial charge on any atom is -0.273 e. The van der Waals surface area contributed by atoms with E-state index in [9.17, 15) is 8.42 Å². The summed E-state index contributed by atoms with van der Waals surface area (Å²) in [4.78, 5) is 0. The molecule has 7 nitrogen and oxygen atoms in total. The van der Waals surface area contributed by atoms with Crippen LogP contribution in [0.15, 0.2) is 36.9 Å². The summed E-state index contributed by atoms with van der Waals surface area (Å²) in [6, 6.07) is 3.66. The molecular weight excluding hydrogens is 268 g/mol. The van der Waals surface area contributed by atoms with E-state index < -0.39 is 10.1 Å². The Balaban J connectivity index is 2.07. The van der Waals surface area contributed by atoms with Crippen LogP contribution in [0.5, 0.6) is 0 Å². The Kier molecular flexibility index (Phi) is 4.13. The van der Waals surface area contributed by atoms with Crippen molar-refractivity contribution in [3.63, 3.8) is 0 Å². The highest BCUT2D eigenvalue weighted by atomic mass is 32.2. The predicted octanol–water partition coefficient (Wildman–Crippen LogP) is -0.198. The zero-order chi connectivity index (χ0) is 13.7. The van der Waals surface area contributed by atoms with Gasteiger partial charge in [0.05, 0.1) is 19.5 Å². The summed E-state index contributed by atoms with van der Waals surface area (Å²) in [6.07, 6.45) is 6.59. The molecule has 8 heteroatoms. The molecule has 0 aliphatic heterocycles. The minimum absolute atomic E-state index is 0.114. The second-order valence-corrected chi connectivity index (χ2v) is 5.60. The molecule has 0 aliphatic rings. The highest BCUT2D eigenvalue weighted by molar-refractivity contribution is 7.86. The average molecular weight is 281 g/mol. The van der Waals surface area contributed by atoms with E-state index in [0.29, 0.717) is 0 Å². The lowest BCUT2D eigenvalue weighted by molar-refractivity contribution is -0.750. The number of rotatable bonds is 5. The zero-order valence-electron chi connectivity index (χ0n) is 10.3. The first-order valence-electron chi connectivity index (χ1n) is 5.52. The number of aryl methyl sites for hydroxylation is 1. The van der Waals surface area contributed by atoms with E-state index in [1.165, 1.54) is 4.68 Å². The third-order valence-corrected chi connectivity index (χ3v) is 3.70. The molecule has 0 unspecified atom stereocenters. The van der Waals surface area contributed by atoms with E-state index in [-0.39, 0.29) is 12.3 Å². The minimum atomic E-state index is -3.46. The normalized spacial score (nSPS) is 11.4. The number of hydrogen-bond acceptors (Lipinski definition) is 6. The van der Waals surface area contributed by atoms with Crippen molar-refractivity contribution >= 4 is 10.1 Å². The van der Waals surface area contributed by atoms with E-state index in [4.69, 9.17) is 0 Å². The maximum atomic E-state index is 11.2. The van der Waals surface area contributed by atoms with Crippen LogP contribution in [0.25, 0.3) is 11.1 Å². The second-order valence-electron chi connectivity index (χ2n) is 3.74. The number of aromatic nitrogens is 4. The largest absolute Gasteiger partial charge is 0.273 e. The van der Waals surface area contributed by atoms with E-state index in [1.807, 2.05) is 12.1 Å². The van der Waals surface area contributed by atoms with Crippen LogP contribution in [0.3, 0.4) is 0 Å². The van der Waals surface area contributed by atoms with Gasteiger partial charge in [0, 0.05) is 17.2 Å². The molecule has 0 saturated heterocycles. The summed E-state index contributed by atoms with van der Waals surface area (Å²) >= 11 is 0. The second kappa shape index (κ2) is 5.81. The van der Waals surface area contributed by atoms with Gasteiger partial charge in [-0.05, 0) is 11.2 Å². The summed E-state index contributed by atoms with van der Waals surface area (Å²) < 4.78 is 28.3. The van der Waals surface area contributed by atoms with Crippen molar-refractivity contribution in [3.05, 3.63) is 36.9 Å². The van der Waals surface area contributed by atoms with Crippen molar-refractivity contribution in [1.82, 2.24) is 15.3 Å². The Morgan fingerprint density at radius 2 is 2.00 bits per heavy atom. The van der Waals surface area contributed by atoms with Gasteiger partial charge in [-0.3, -0.25) is 4.18 Å². The van der Waals surface area contributed by atoms with Gasteiger partial charge in [-0.15, -0.1) is 0 Å². The lowest BCUT2D eigenvalue weighted by Crippen LogP contribution is -2.40. The van der Waals surface area contributed by atoms with Crippen molar-refractivity contribution in [1.29, 1.82) is 0 Å². The molecule has 0 radical (unpaired) electrons. The summed E-state index contributed by atoms with van der Waals surface area (Å²) in [5.74, 6) is -0.114. The molecule has 2 rings (SSSR count). The maximum absolute atomic E-state index is 11.2. The predicted molar refractivity (Wildman–Crippen MR) is 66.3 cm³/mol. The fourth-order valence-electron chi connectivity index (χ4n) is 1.44. The van der Waals surface area contributed by atoms with Gasteiger partial charge < -0.3 is 0 Å². The highest BCUT2D eigenvalue weighted by Gasteiger charge is 2.13. The molecule has 0 saturated carbocycles. The van der Waals surface area contributed by atoms with Crippen LogP contribution < -0.4 is 4.68 Å². The Bertz CT molecular complexity index is 629. The highest BCUT2D eigenvalue weighted by Crippen LogP contribution is 2.13. The van der Waals surface area contributed by atoms with Gasteiger partial charge in [-0.25, -0.2) is 0 Å². The summed E-state index contributed by atoms with van der Waals surface area (Å²) in [5.41, 5.74) is 1.79. The van der Waals surface area contributed by atoms with E-state index in [1.54, 1.807) is 24.8 Å². The first kappa shape index (κ1) is 13.5. The average Bonchev–Trinajstić information content (AvgIpc) is 2.47. The summed E-state index contributed by atoms with van der Waals surface area (Å²) in [7, 11) is -2.31. The molecule has 0 atom stereocenters. The van der Waals surface area contributed by atoms with E-state index in [0.717, 1.165) is 18.2 Å². The van der Waals surface area contributed by atoms with Gasteiger partial charge in [0.1, 0.15) is 11.9 Å². The van der Waals surface area contributed by atoms with Crippen LogP contribution in [0.4, 0.5) is 0 Å². The molecule has 2 aromatic rings. The molecule has 0 spiro atoms. The Morgan fingerprint density at radius 1 is 1.21 bits per heavy atom. The van der Waals surface area contributed by atoms with Gasteiger partial charge in [-0.1, -0.05) is 4.68 Å². The Labute approximate surface area is 111 Å². The lowest BCUT2D eigenvalue weighted by atomic mass is 10.1. The van der Waals surface area contributed by atoms with Crippen LogP contribution in [-0.4, -0.2) is 36.6 Å². The van der Waals surface area contributed by atoms with Gasteiger partial charge >= 0.3 is 0 Å². The Hall–Kier alpha value is -1.93. The Morgan fingerprint density at radius 3 is 2.58 bits per heavy atom. The molecule has 2 heterocycles. The monoisotopic (exact) mass is 281 g/mol. The lowest BCUT2D eigenvalue weighted by Gasteiger charge is -1.99. The molecule has 0 amide bonds. The van der Waals surface area contributed by atoms with Crippen molar-refractivity contribution in [3.8, 4) is 11.1 Å². The molecule has 0 fully saturated rings. The van der Waals surface area contributed by atoms with Crippen molar-refractivity contribution in [2.75, 3.05) is 12.9 Å². The molecule has 0 aromatic carbocycles. The molecule has 19 heavy (non-hydrogen) atoms. The maximum Gasteiger partial charge on any atom is 0.273 e. The van der Waals surface area contributed by atoms with Crippen LogP contribution in [0.1, 0.15) is 0 Å². The number of hydrogen-bond donors (Lipinski definition) is 0. The van der Waals surface area contributed by atoms with Crippen molar-refractivity contribution in [2.45, 2.75) is 6.54 Å². The fraction of sp³-hybridized carbons (Fsp3) is 0.273. The van der Waals surface area contributed by atoms with Gasteiger partial charge in [0.15, 0.2) is 12.7 Å². The van der Waals surface area contributed by atoms with Crippen LogP contribution in [-0.2, 0) is 20.8 Å². The molecular formula is C11H13N4O3S+. The first-order valence-corrected chi connectivity index (χ1v) is 7.09. The van der Waals surface area contributed by atoms with Crippen LogP contribution in [0.2, 0.25) is 0 Å². The van der Waals surface area contributed by atoms with E-state index in [2.05, 4.69) is 19.5 Å². The zero-order valence-corrected chi connectivity index (χ0v) is 11.1. The standard InChI is InChI=1S/C11H13N4O3S/c1-18-19(16,17)7-6-15-5-3-11(9-14-15)10-2-4-12-13-8-10/h2-5,8-9H,6-7H2,1H3/q+1. The molecule has 0 aliphatic carbocycles. The van der Waals surface area contributed by atoms with Gasteiger partial charge in [-0.2, -0.15) is 18.6 Å². The van der Waals surface area contributed by atoms with Crippen molar-refractivity contribution in [2.24, 2.45) is 0 Å². The molecule has 100 valence electrons. The first-order chi connectivity index (χ1) is 9.11. The molecule has 0 N–H and O–H groups in total. The molecule has 2 aromatic heterocycles. The smallest absolute Gasteiger partial charge is 0.273 e.